The predicted octanol–water partition coefficient (Wildman–Crippen LogP) is 2.35. The highest BCUT2D eigenvalue weighted by atomic mass is 19.2. The van der Waals surface area contributed by atoms with E-state index in [0.29, 0.717) is 25.0 Å². The van der Waals surface area contributed by atoms with Crippen LogP contribution in [0.15, 0.2) is 12.1 Å². The van der Waals surface area contributed by atoms with Gasteiger partial charge in [-0.25, -0.2) is 13.2 Å². The highest BCUT2D eigenvalue weighted by Gasteiger charge is 2.38. The van der Waals surface area contributed by atoms with Crippen LogP contribution in [0.1, 0.15) is 25.7 Å². The van der Waals surface area contributed by atoms with Crippen molar-refractivity contribution in [2.75, 3.05) is 5.32 Å². The van der Waals surface area contributed by atoms with Gasteiger partial charge in [-0.3, -0.25) is 4.79 Å². The third-order valence-electron chi connectivity index (χ3n) is 3.10. The summed E-state index contributed by atoms with van der Waals surface area (Å²) in [7, 11) is 0. The molecule has 1 aliphatic rings. The van der Waals surface area contributed by atoms with Crippen LogP contribution < -0.4 is 5.32 Å². The lowest BCUT2D eigenvalue weighted by Gasteiger charge is -2.20. The van der Waals surface area contributed by atoms with Crippen LogP contribution in [0, 0.1) is 17.5 Å². The topological polar surface area (TPSA) is 49.3 Å². The van der Waals surface area contributed by atoms with Gasteiger partial charge >= 0.3 is 0 Å². The second-order valence-electron chi connectivity index (χ2n) is 4.45. The molecule has 98 valence electrons. The Bertz CT molecular complexity index is 461. The molecule has 0 heterocycles. The zero-order valence-electron chi connectivity index (χ0n) is 9.47. The largest absolute Gasteiger partial charge is 0.380 e. The third-order valence-corrected chi connectivity index (χ3v) is 3.10. The average Bonchev–Trinajstić information content (AvgIpc) is 2.74. The molecule has 0 radical (unpaired) electrons. The van der Waals surface area contributed by atoms with Crippen LogP contribution in [-0.2, 0) is 4.79 Å². The second kappa shape index (κ2) is 4.61. The minimum absolute atomic E-state index is 0.211. The molecule has 0 bridgehead atoms. The zero-order valence-corrected chi connectivity index (χ0v) is 9.47. The average molecular weight is 259 g/mol. The van der Waals surface area contributed by atoms with Crippen molar-refractivity contribution in [2.45, 2.75) is 31.3 Å². The van der Waals surface area contributed by atoms with Crippen molar-refractivity contribution < 1.29 is 23.1 Å². The van der Waals surface area contributed by atoms with Crippen molar-refractivity contribution in [1.29, 1.82) is 0 Å². The van der Waals surface area contributed by atoms with E-state index >= 15 is 0 Å². The van der Waals surface area contributed by atoms with Gasteiger partial charge in [-0.2, -0.15) is 0 Å². The van der Waals surface area contributed by atoms with Gasteiger partial charge in [0.25, 0.3) is 5.91 Å². The Morgan fingerprint density at radius 1 is 1.17 bits per heavy atom. The van der Waals surface area contributed by atoms with Gasteiger partial charge in [0.05, 0.1) is 0 Å². The Morgan fingerprint density at radius 2 is 1.67 bits per heavy atom. The van der Waals surface area contributed by atoms with E-state index in [2.05, 4.69) is 5.32 Å². The number of rotatable bonds is 2. The normalized spacial score (nSPS) is 17.8. The molecule has 0 saturated heterocycles. The Kier molecular flexibility index (Phi) is 3.30. The molecule has 2 N–H and O–H groups in total. The van der Waals surface area contributed by atoms with Crippen LogP contribution in [0.5, 0.6) is 0 Å². The summed E-state index contributed by atoms with van der Waals surface area (Å²) in [5, 5.41) is 12.1. The van der Waals surface area contributed by atoms with Crippen LogP contribution in [0.25, 0.3) is 0 Å². The molecule has 18 heavy (non-hydrogen) atoms. The fourth-order valence-corrected chi connectivity index (χ4v) is 2.06. The summed E-state index contributed by atoms with van der Waals surface area (Å²) < 4.78 is 38.6. The van der Waals surface area contributed by atoms with Gasteiger partial charge in [-0.05, 0) is 25.7 Å². The molecule has 0 spiro atoms. The smallest absolute Gasteiger partial charge is 0.256 e. The number of hydrogen-bond acceptors (Lipinski definition) is 2. The van der Waals surface area contributed by atoms with Crippen molar-refractivity contribution in [3.8, 4) is 0 Å². The SMILES string of the molecule is O=C(Nc1cc(F)c(F)c(F)c1)C1(O)CCCC1. The van der Waals surface area contributed by atoms with Gasteiger partial charge < -0.3 is 10.4 Å². The Labute approximate surface area is 102 Å². The number of amides is 1. The molecule has 0 aromatic heterocycles. The van der Waals surface area contributed by atoms with Crippen molar-refractivity contribution in [1.82, 2.24) is 0 Å². The quantitative estimate of drug-likeness (QED) is 0.801. The number of hydrogen-bond donors (Lipinski definition) is 2. The highest BCUT2D eigenvalue weighted by Crippen LogP contribution is 2.30. The van der Waals surface area contributed by atoms with Gasteiger partial charge in [0.2, 0.25) is 0 Å². The molecule has 0 aliphatic heterocycles. The van der Waals surface area contributed by atoms with E-state index in [9.17, 15) is 23.1 Å². The Balaban J connectivity index is 2.17. The van der Waals surface area contributed by atoms with Crippen LogP contribution in [0.4, 0.5) is 18.9 Å². The first kappa shape index (κ1) is 12.9. The summed E-state index contributed by atoms with van der Waals surface area (Å²) in [6.45, 7) is 0. The Hall–Kier alpha value is -1.56. The lowest BCUT2D eigenvalue weighted by atomic mass is 10.0. The molecule has 1 saturated carbocycles. The molecule has 2 rings (SSSR count). The fourth-order valence-electron chi connectivity index (χ4n) is 2.06. The molecule has 1 aromatic rings. The summed E-state index contributed by atoms with van der Waals surface area (Å²) in [4.78, 5) is 11.7. The predicted molar refractivity (Wildman–Crippen MR) is 58.4 cm³/mol. The summed E-state index contributed by atoms with van der Waals surface area (Å²) >= 11 is 0. The fraction of sp³-hybridized carbons (Fsp3) is 0.417. The zero-order chi connectivity index (χ0) is 13.3. The molecule has 1 amide bonds. The monoisotopic (exact) mass is 259 g/mol. The minimum Gasteiger partial charge on any atom is -0.380 e. The number of carbonyl (C=O) groups is 1. The summed E-state index contributed by atoms with van der Waals surface area (Å²) in [5.74, 6) is -5.08. The molecule has 6 heteroatoms. The number of benzene rings is 1. The number of carbonyl (C=O) groups excluding carboxylic acids is 1. The Morgan fingerprint density at radius 3 is 2.17 bits per heavy atom. The summed E-state index contributed by atoms with van der Waals surface area (Å²) in [6.07, 6.45) is 2.06. The third kappa shape index (κ3) is 2.33. The van der Waals surface area contributed by atoms with Gasteiger partial charge in [-0.15, -0.1) is 0 Å². The van der Waals surface area contributed by atoms with Gasteiger partial charge in [-0.1, -0.05) is 0 Å². The molecular weight excluding hydrogens is 247 g/mol. The van der Waals surface area contributed by atoms with E-state index < -0.39 is 29.0 Å². The number of nitrogens with one attached hydrogen (secondary N) is 1. The molecule has 0 atom stereocenters. The van der Waals surface area contributed by atoms with E-state index in [4.69, 9.17) is 0 Å². The van der Waals surface area contributed by atoms with Crippen molar-refractivity contribution >= 4 is 11.6 Å². The number of halogens is 3. The van der Waals surface area contributed by atoms with E-state index in [1.54, 1.807) is 0 Å². The van der Waals surface area contributed by atoms with Gasteiger partial charge in [0, 0.05) is 17.8 Å². The number of aliphatic hydroxyl groups is 1. The first-order chi connectivity index (χ1) is 8.42. The molecule has 1 aliphatic carbocycles. The van der Waals surface area contributed by atoms with Crippen molar-refractivity contribution in [3.63, 3.8) is 0 Å². The van der Waals surface area contributed by atoms with Crippen LogP contribution in [0.2, 0.25) is 0 Å². The maximum Gasteiger partial charge on any atom is 0.256 e. The van der Waals surface area contributed by atoms with Crippen LogP contribution >= 0.6 is 0 Å². The van der Waals surface area contributed by atoms with E-state index in [1.807, 2.05) is 0 Å². The molecule has 3 nitrogen and oxygen atoms in total. The summed E-state index contributed by atoms with van der Waals surface area (Å²) in [5.41, 5.74) is -1.71. The van der Waals surface area contributed by atoms with E-state index in [-0.39, 0.29) is 5.69 Å². The standard InChI is InChI=1S/C12H12F3NO2/c13-8-5-7(6-9(14)10(8)15)16-11(17)12(18)3-1-2-4-12/h5-6,18H,1-4H2,(H,16,17). The van der Waals surface area contributed by atoms with Gasteiger partial charge in [0.1, 0.15) is 5.60 Å². The number of anilines is 1. The minimum atomic E-state index is -1.59. The summed E-state index contributed by atoms with van der Waals surface area (Å²) in [6, 6.07) is 1.35. The lowest BCUT2D eigenvalue weighted by Crippen LogP contribution is -2.40. The van der Waals surface area contributed by atoms with Crippen LogP contribution in [-0.4, -0.2) is 16.6 Å². The van der Waals surface area contributed by atoms with E-state index in [1.165, 1.54) is 0 Å². The van der Waals surface area contributed by atoms with Crippen LogP contribution in [0.3, 0.4) is 0 Å². The second-order valence-corrected chi connectivity index (χ2v) is 4.45. The maximum atomic E-state index is 12.9. The highest BCUT2D eigenvalue weighted by molar-refractivity contribution is 5.97. The molecule has 0 unspecified atom stereocenters. The van der Waals surface area contributed by atoms with Gasteiger partial charge in [0.15, 0.2) is 17.5 Å². The molecule has 1 fully saturated rings. The maximum absolute atomic E-state index is 12.9. The van der Waals surface area contributed by atoms with Crippen molar-refractivity contribution in [3.05, 3.63) is 29.6 Å². The first-order valence-corrected chi connectivity index (χ1v) is 5.61. The van der Waals surface area contributed by atoms with Crippen molar-refractivity contribution in [2.24, 2.45) is 0 Å². The molecular formula is C12H12F3NO2. The van der Waals surface area contributed by atoms with E-state index in [0.717, 1.165) is 12.8 Å². The molecule has 1 aromatic carbocycles. The first-order valence-electron chi connectivity index (χ1n) is 5.61. The lowest BCUT2D eigenvalue weighted by molar-refractivity contribution is -0.133.